The van der Waals surface area contributed by atoms with E-state index < -0.39 is 0 Å². The molecule has 0 spiro atoms. The lowest BCUT2D eigenvalue weighted by atomic mass is 10.1. The topological polar surface area (TPSA) is 66.0 Å². The molecule has 1 amide bonds. The lowest BCUT2D eigenvalue weighted by Gasteiger charge is -2.21. The number of benzene rings is 1. The Morgan fingerprint density at radius 2 is 2.04 bits per heavy atom. The molecule has 6 heteroatoms. The van der Waals surface area contributed by atoms with E-state index in [0.29, 0.717) is 19.1 Å². The van der Waals surface area contributed by atoms with Crippen molar-refractivity contribution in [2.75, 3.05) is 46.9 Å². The minimum absolute atomic E-state index is 0.0320. The van der Waals surface area contributed by atoms with Crippen molar-refractivity contribution in [2.45, 2.75) is 19.3 Å². The van der Waals surface area contributed by atoms with Crippen LogP contribution >= 0.6 is 0 Å². The number of aliphatic imine (C=N–C) groups is 1. The van der Waals surface area contributed by atoms with Crippen molar-refractivity contribution in [1.29, 1.82) is 0 Å². The van der Waals surface area contributed by atoms with Crippen molar-refractivity contribution in [1.82, 2.24) is 15.5 Å². The summed E-state index contributed by atoms with van der Waals surface area (Å²) >= 11 is 0. The monoisotopic (exact) mass is 346 g/mol. The summed E-state index contributed by atoms with van der Waals surface area (Å²) in [6.07, 6.45) is 3.44. The van der Waals surface area contributed by atoms with Crippen molar-refractivity contribution in [3.63, 3.8) is 0 Å². The van der Waals surface area contributed by atoms with E-state index in [1.807, 2.05) is 30.1 Å². The zero-order chi connectivity index (χ0) is 17.9. The van der Waals surface area contributed by atoms with Gasteiger partial charge in [0.15, 0.2) is 5.96 Å². The van der Waals surface area contributed by atoms with E-state index in [2.05, 4.69) is 27.8 Å². The van der Waals surface area contributed by atoms with Crippen LogP contribution in [0.3, 0.4) is 0 Å². The van der Waals surface area contributed by atoms with E-state index >= 15 is 0 Å². The number of rotatable bonds is 10. The molecule has 2 N–H and O–H groups in total. The molecular weight excluding hydrogens is 316 g/mol. The number of hydrogen-bond donors (Lipinski definition) is 2. The first-order valence-electron chi connectivity index (χ1n) is 8.99. The van der Waals surface area contributed by atoms with Gasteiger partial charge in [0.2, 0.25) is 5.91 Å². The van der Waals surface area contributed by atoms with Crippen LogP contribution in [0.5, 0.6) is 0 Å². The molecule has 1 aromatic carbocycles. The molecule has 0 aromatic heterocycles. The van der Waals surface area contributed by atoms with Crippen LogP contribution in [0, 0.1) is 5.92 Å². The summed E-state index contributed by atoms with van der Waals surface area (Å²) in [6.45, 7) is 3.14. The second-order valence-electron chi connectivity index (χ2n) is 6.43. The SMILES string of the molecule is CN=C(NCC(=O)NCCc1ccccc1)N(C)CCOCC1CC1. The van der Waals surface area contributed by atoms with Gasteiger partial charge in [-0.25, -0.2) is 0 Å². The minimum Gasteiger partial charge on any atom is -0.379 e. The second kappa shape index (κ2) is 10.7. The van der Waals surface area contributed by atoms with E-state index in [1.54, 1.807) is 7.05 Å². The molecule has 0 heterocycles. The van der Waals surface area contributed by atoms with Gasteiger partial charge in [-0.2, -0.15) is 0 Å². The van der Waals surface area contributed by atoms with Crippen LogP contribution in [0.1, 0.15) is 18.4 Å². The number of amides is 1. The molecule has 2 rings (SSSR count). The summed E-state index contributed by atoms with van der Waals surface area (Å²) in [6, 6.07) is 10.1. The van der Waals surface area contributed by atoms with Crippen molar-refractivity contribution in [2.24, 2.45) is 10.9 Å². The molecule has 0 aliphatic heterocycles. The van der Waals surface area contributed by atoms with E-state index in [4.69, 9.17) is 4.74 Å². The number of guanidine groups is 1. The van der Waals surface area contributed by atoms with Crippen LogP contribution < -0.4 is 10.6 Å². The van der Waals surface area contributed by atoms with Gasteiger partial charge in [0.25, 0.3) is 0 Å². The summed E-state index contributed by atoms with van der Waals surface area (Å²) in [5.74, 6) is 1.45. The fourth-order valence-electron chi connectivity index (χ4n) is 2.44. The Morgan fingerprint density at radius 1 is 1.28 bits per heavy atom. The van der Waals surface area contributed by atoms with Gasteiger partial charge >= 0.3 is 0 Å². The van der Waals surface area contributed by atoms with Gasteiger partial charge in [0.1, 0.15) is 0 Å². The zero-order valence-electron chi connectivity index (χ0n) is 15.3. The second-order valence-corrected chi connectivity index (χ2v) is 6.43. The highest BCUT2D eigenvalue weighted by Crippen LogP contribution is 2.28. The lowest BCUT2D eigenvalue weighted by Crippen LogP contribution is -2.45. The highest BCUT2D eigenvalue weighted by atomic mass is 16.5. The quantitative estimate of drug-likeness (QED) is 0.380. The molecular formula is C19H30N4O2. The number of carbonyl (C=O) groups excluding carboxylic acids is 1. The highest BCUT2D eigenvalue weighted by molar-refractivity contribution is 5.86. The Bertz CT molecular complexity index is 544. The minimum atomic E-state index is -0.0320. The number of likely N-dealkylation sites (N-methyl/N-ethyl adjacent to an activating group) is 1. The van der Waals surface area contributed by atoms with E-state index in [0.717, 1.165) is 25.5 Å². The molecule has 6 nitrogen and oxygen atoms in total. The Kier molecular flexibility index (Phi) is 8.25. The lowest BCUT2D eigenvalue weighted by molar-refractivity contribution is -0.120. The summed E-state index contributed by atoms with van der Waals surface area (Å²) in [7, 11) is 3.67. The van der Waals surface area contributed by atoms with Crippen molar-refractivity contribution < 1.29 is 9.53 Å². The van der Waals surface area contributed by atoms with E-state index in [-0.39, 0.29) is 12.5 Å². The number of hydrogen-bond acceptors (Lipinski definition) is 3. The summed E-state index contributed by atoms with van der Waals surface area (Å²) in [5.41, 5.74) is 1.22. The summed E-state index contributed by atoms with van der Waals surface area (Å²) < 4.78 is 5.64. The first-order chi connectivity index (χ1) is 12.2. The first kappa shape index (κ1) is 19.2. The molecule has 1 aliphatic carbocycles. The third-order valence-corrected chi connectivity index (χ3v) is 4.18. The Morgan fingerprint density at radius 3 is 2.72 bits per heavy atom. The number of nitrogens with zero attached hydrogens (tertiary/aromatic N) is 2. The van der Waals surface area contributed by atoms with Gasteiger partial charge in [-0.15, -0.1) is 0 Å². The van der Waals surface area contributed by atoms with Gasteiger partial charge in [0, 0.05) is 33.8 Å². The highest BCUT2D eigenvalue weighted by Gasteiger charge is 2.21. The van der Waals surface area contributed by atoms with Gasteiger partial charge < -0.3 is 20.3 Å². The van der Waals surface area contributed by atoms with Gasteiger partial charge in [-0.3, -0.25) is 9.79 Å². The standard InChI is InChI=1S/C19H30N4O2/c1-20-19(23(2)12-13-25-15-17-8-9-17)22-14-18(24)21-11-10-16-6-4-3-5-7-16/h3-7,17H,8-15H2,1-2H3,(H,20,22)(H,21,24). The molecule has 1 aromatic rings. The number of carbonyl (C=O) groups is 1. The molecule has 0 bridgehead atoms. The summed E-state index contributed by atoms with van der Waals surface area (Å²) in [4.78, 5) is 18.1. The molecule has 1 fully saturated rings. The molecule has 0 atom stereocenters. The number of ether oxygens (including phenoxy) is 1. The van der Waals surface area contributed by atoms with Crippen molar-refractivity contribution in [3.8, 4) is 0 Å². The molecule has 25 heavy (non-hydrogen) atoms. The van der Waals surface area contributed by atoms with Gasteiger partial charge in [-0.1, -0.05) is 30.3 Å². The Hall–Kier alpha value is -2.08. The maximum Gasteiger partial charge on any atom is 0.239 e. The Balaban J connectivity index is 1.57. The van der Waals surface area contributed by atoms with Crippen molar-refractivity contribution >= 4 is 11.9 Å². The van der Waals surface area contributed by atoms with Crippen LogP contribution in [0.25, 0.3) is 0 Å². The number of nitrogens with one attached hydrogen (secondary N) is 2. The predicted octanol–water partition coefficient (Wildman–Crippen LogP) is 1.28. The Labute approximate surface area is 150 Å². The molecule has 1 aliphatic rings. The van der Waals surface area contributed by atoms with Crippen LogP contribution in [0.2, 0.25) is 0 Å². The third kappa shape index (κ3) is 8.03. The zero-order valence-corrected chi connectivity index (χ0v) is 15.3. The average molecular weight is 346 g/mol. The van der Waals surface area contributed by atoms with Crippen molar-refractivity contribution in [3.05, 3.63) is 35.9 Å². The molecule has 0 radical (unpaired) electrons. The van der Waals surface area contributed by atoms with Crippen LogP contribution in [-0.4, -0.2) is 63.7 Å². The van der Waals surface area contributed by atoms with Gasteiger partial charge in [-0.05, 0) is 30.7 Å². The van der Waals surface area contributed by atoms with Crippen LogP contribution in [0.4, 0.5) is 0 Å². The third-order valence-electron chi connectivity index (χ3n) is 4.18. The normalized spacial score (nSPS) is 14.2. The van der Waals surface area contributed by atoms with Crippen LogP contribution in [-0.2, 0) is 16.0 Å². The van der Waals surface area contributed by atoms with E-state index in [1.165, 1.54) is 18.4 Å². The maximum absolute atomic E-state index is 11.9. The molecule has 1 saturated carbocycles. The molecule has 0 saturated heterocycles. The van der Waals surface area contributed by atoms with E-state index in [9.17, 15) is 4.79 Å². The fraction of sp³-hybridized carbons (Fsp3) is 0.579. The summed E-state index contributed by atoms with van der Waals surface area (Å²) in [5, 5.41) is 6.01. The van der Waals surface area contributed by atoms with Crippen LogP contribution in [0.15, 0.2) is 35.3 Å². The average Bonchev–Trinajstić information content (AvgIpc) is 3.44. The molecule has 138 valence electrons. The first-order valence-corrected chi connectivity index (χ1v) is 8.99. The fourth-order valence-corrected chi connectivity index (χ4v) is 2.44. The van der Waals surface area contributed by atoms with Gasteiger partial charge in [0.05, 0.1) is 13.2 Å². The predicted molar refractivity (Wildman–Crippen MR) is 101 cm³/mol. The largest absolute Gasteiger partial charge is 0.379 e. The molecule has 0 unspecified atom stereocenters. The maximum atomic E-state index is 11.9. The smallest absolute Gasteiger partial charge is 0.239 e.